The van der Waals surface area contributed by atoms with Crippen LogP contribution in [0.1, 0.15) is 0 Å². The Bertz CT molecular complexity index is 3580. The van der Waals surface area contributed by atoms with Crippen molar-refractivity contribution in [1.82, 2.24) is 4.57 Å². The van der Waals surface area contributed by atoms with E-state index >= 15 is 0 Å². The molecule has 0 radical (unpaired) electrons. The Morgan fingerprint density at radius 3 is 1.11 bits per heavy atom. The smallest absolute Gasteiger partial charge is 0.0535 e. The molecule has 11 aromatic carbocycles. The SMILES string of the molecule is c1ccc(-c2ccc(-c3ccccc3)n2-c2ccc(-c3ccc(-c4ccc5c(-c6ccc7ccccc7c6)c6ccccc6c(-c6ccc7ccccc7c6)c5c4)cc3)cc2)cc1. The molecule has 1 heterocycles. The summed E-state index contributed by atoms with van der Waals surface area (Å²) >= 11 is 0. The van der Waals surface area contributed by atoms with Crippen LogP contribution < -0.4 is 0 Å². The van der Waals surface area contributed by atoms with Crippen LogP contribution in [0.5, 0.6) is 0 Å². The van der Waals surface area contributed by atoms with Gasteiger partial charge in [0.1, 0.15) is 0 Å². The average molecular weight is 800 g/mol. The van der Waals surface area contributed by atoms with Crippen molar-refractivity contribution in [2.75, 3.05) is 0 Å². The van der Waals surface area contributed by atoms with E-state index in [0.29, 0.717) is 0 Å². The summed E-state index contributed by atoms with van der Waals surface area (Å²) in [5.41, 5.74) is 15.6. The Balaban J connectivity index is 0.964. The summed E-state index contributed by atoms with van der Waals surface area (Å²) in [6, 6.07) is 91.0. The second-order valence-electron chi connectivity index (χ2n) is 16.5. The molecule has 12 rings (SSSR count). The summed E-state index contributed by atoms with van der Waals surface area (Å²) in [6.45, 7) is 0. The van der Waals surface area contributed by atoms with Crippen LogP contribution in [0.4, 0.5) is 0 Å². The third-order valence-electron chi connectivity index (χ3n) is 12.8. The molecule has 0 N–H and O–H groups in total. The molecule has 0 amide bonds. The molecule has 0 unspecified atom stereocenters. The van der Waals surface area contributed by atoms with Crippen molar-refractivity contribution < 1.29 is 0 Å². The Hall–Kier alpha value is -8.26. The maximum Gasteiger partial charge on any atom is 0.0535 e. The molecular formula is C62H41N. The average Bonchev–Trinajstić information content (AvgIpc) is 3.81. The molecule has 0 aliphatic rings. The lowest BCUT2D eigenvalue weighted by Gasteiger charge is -2.19. The van der Waals surface area contributed by atoms with Crippen molar-refractivity contribution in [2.24, 2.45) is 0 Å². The number of hydrogen-bond donors (Lipinski definition) is 0. The fourth-order valence-corrected chi connectivity index (χ4v) is 9.71. The first-order chi connectivity index (χ1) is 31.2. The number of nitrogens with zero attached hydrogens (tertiary/aromatic N) is 1. The lowest BCUT2D eigenvalue weighted by Crippen LogP contribution is -1.99. The van der Waals surface area contributed by atoms with Gasteiger partial charge in [-0.15, -0.1) is 0 Å². The fourth-order valence-electron chi connectivity index (χ4n) is 9.71. The van der Waals surface area contributed by atoms with Gasteiger partial charge < -0.3 is 4.57 Å². The number of benzene rings is 11. The molecule has 0 saturated heterocycles. The van der Waals surface area contributed by atoms with Crippen LogP contribution in [0.3, 0.4) is 0 Å². The van der Waals surface area contributed by atoms with E-state index in [1.165, 1.54) is 110 Å². The molecule has 0 aliphatic carbocycles. The van der Waals surface area contributed by atoms with E-state index in [9.17, 15) is 0 Å². The van der Waals surface area contributed by atoms with Crippen LogP contribution in [-0.4, -0.2) is 4.57 Å². The van der Waals surface area contributed by atoms with E-state index in [1.807, 2.05) is 0 Å². The number of rotatable bonds is 7. The predicted octanol–water partition coefficient (Wildman–Crippen LogP) is 17.1. The van der Waals surface area contributed by atoms with E-state index in [2.05, 4.69) is 253 Å². The highest BCUT2D eigenvalue weighted by Crippen LogP contribution is 2.46. The van der Waals surface area contributed by atoms with E-state index in [4.69, 9.17) is 0 Å². The van der Waals surface area contributed by atoms with Crippen molar-refractivity contribution in [3.05, 3.63) is 249 Å². The Labute approximate surface area is 367 Å². The molecule has 63 heavy (non-hydrogen) atoms. The first kappa shape index (κ1) is 36.6. The van der Waals surface area contributed by atoms with Crippen molar-refractivity contribution in [3.8, 4) is 72.7 Å². The minimum atomic E-state index is 1.13. The molecule has 294 valence electrons. The first-order valence-corrected chi connectivity index (χ1v) is 21.7. The zero-order valence-electron chi connectivity index (χ0n) is 34.6. The number of aromatic nitrogens is 1. The molecule has 0 atom stereocenters. The molecule has 0 bridgehead atoms. The van der Waals surface area contributed by atoms with Gasteiger partial charge in [-0.2, -0.15) is 0 Å². The van der Waals surface area contributed by atoms with E-state index < -0.39 is 0 Å². The largest absolute Gasteiger partial charge is 0.309 e. The third kappa shape index (κ3) is 6.50. The quantitative estimate of drug-likeness (QED) is 0.142. The van der Waals surface area contributed by atoms with Crippen molar-refractivity contribution in [1.29, 1.82) is 0 Å². The lowest BCUT2D eigenvalue weighted by molar-refractivity contribution is 1.10. The van der Waals surface area contributed by atoms with Crippen LogP contribution in [0.2, 0.25) is 0 Å². The standard InChI is InChI=1S/C62H41N/c1-3-15-47(16-4-1)59-37-38-60(48-17-5-2-6-18-48)63(59)54-34-31-45(32-35-54)44-23-25-46(26-24-44)51-33-36-57-58(41-51)62(53-30-28-43-14-8-10-20-50(43)40-53)56-22-12-11-21-55(56)61(57)52-29-27-42-13-7-9-19-49(42)39-52/h1-41H. The summed E-state index contributed by atoms with van der Waals surface area (Å²) in [7, 11) is 0. The van der Waals surface area contributed by atoms with Gasteiger partial charge in [0.15, 0.2) is 0 Å². The molecule has 1 nitrogen and oxygen atoms in total. The van der Waals surface area contributed by atoms with Gasteiger partial charge in [0, 0.05) is 5.69 Å². The van der Waals surface area contributed by atoms with E-state index in [-0.39, 0.29) is 0 Å². The molecule has 0 fully saturated rings. The first-order valence-electron chi connectivity index (χ1n) is 21.7. The van der Waals surface area contributed by atoms with Gasteiger partial charge in [0.2, 0.25) is 0 Å². The van der Waals surface area contributed by atoms with Gasteiger partial charge in [-0.05, 0) is 141 Å². The van der Waals surface area contributed by atoms with Gasteiger partial charge >= 0.3 is 0 Å². The van der Waals surface area contributed by atoms with Crippen LogP contribution >= 0.6 is 0 Å². The van der Waals surface area contributed by atoms with Gasteiger partial charge in [0.25, 0.3) is 0 Å². The third-order valence-corrected chi connectivity index (χ3v) is 12.8. The lowest BCUT2D eigenvalue weighted by atomic mass is 9.84. The zero-order chi connectivity index (χ0) is 41.7. The highest BCUT2D eigenvalue weighted by molar-refractivity contribution is 6.22. The topological polar surface area (TPSA) is 4.93 Å². The van der Waals surface area contributed by atoms with E-state index in [1.54, 1.807) is 0 Å². The summed E-state index contributed by atoms with van der Waals surface area (Å²) in [5, 5.41) is 10.0. The second-order valence-corrected chi connectivity index (χ2v) is 16.5. The van der Waals surface area contributed by atoms with Crippen LogP contribution in [0, 0.1) is 0 Å². The van der Waals surface area contributed by atoms with E-state index in [0.717, 1.165) is 5.69 Å². The Morgan fingerprint density at radius 2 is 0.587 bits per heavy atom. The van der Waals surface area contributed by atoms with Gasteiger partial charge in [-0.1, -0.05) is 206 Å². The minimum Gasteiger partial charge on any atom is -0.309 e. The van der Waals surface area contributed by atoms with Crippen molar-refractivity contribution >= 4 is 43.1 Å². The van der Waals surface area contributed by atoms with Gasteiger partial charge in [0.05, 0.1) is 11.4 Å². The van der Waals surface area contributed by atoms with Crippen LogP contribution in [-0.2, 0) is 0 Å². The number of fused-ring (bicyclic) bond motifs is 4. The number of hydrogen-bond acceptors (Lipinski definition) is 0. The molecule has 1 heteroatoms. The maximum absolute atomic E-state index is 2.42. The molecule has 12 aromatic rings. The van der Waals surface area contributed by atoms with Crippen LogP contribution in [0.15, 0.2) is 249 Å². The van der Waals surface area contributed by atoms with Gasteiger partial charge in [-0.25, -0.2) is 0 Å². The molecular weight excluding hydrogens is 759 g/mol. The second kappa shape index (κ2) is 15.3. The Morgan fingerprint density at radius 1 is 0.206 bits per heavy atom. The highest BCUT2D eigenvalue weighted by Gasteiger charge is 2.19. The zero-order valence-corrected chi connectivity index (χ0v) is 34.6. The monoisotopic (exact) mass is 799 g/mol. The molecule has 1 aromatic heterocycles. The summed E-state index contributed by atoms with van der Waals surface area (Å²) < 4.78 is 2.37. The molecule has 0 aliphatic heterocycles. The highest BCUT2D eigenvalue weighted by atomic mass is 15.0. The minimum absolute atomic E-state index is 1.13. The van der Waals surface area contributed by atoms with Crippen molar-refractivity contribution in [2.45, 2.75) is 0 Å². The van der Waals surface area contributed by atoms with Crippen molar-refractivity contribution in [3.63, 3.8) is 0 Å². The molecule has 0 saturated carbocycles. The predicted molar refractivity (Wildman–Crippen MR) is 268 cm³/mol. The summed E-state index contributed by atoms with van der Waals surface area (Å²) in [6.07, 6.45) is 0. The van der Waals surface area contributed by atoms with Crippen LogP contribution in [0.25, 0.3) is 116 Å². The normalized spacial score (nSPS) is 11.5. The summed E-state index contributed by atoms with van der Waals surface area (Å²) in [5.74, 6) is 0. The summed E-state index contributed by atoms with van der Waals surface area (Å²) in [4.78, 5) is 0. The Kier molecular flexibility index (Phi) is 8.90. The van der Waals surface area contributed by atoms with Gasteiger partial charge in [-0.3, -0.25) is 0 Å². The maximum atomic E-state index is 2.42. The molecule has 0 spiro atoms. The fraction of sp³-hybridized carbons (Fsp3) is 0.